The minimum Gasteiger partial charge on any atom is -0.358 e. The molecule has 0 aliphatic carbocycles. The van der Waals surface area contributed by atoms with Gasteiger partial charge in [-0.25, -0.2) is 0 Å². The summed E-state index contributed by atoms with van der Waals surface area (Å²) >= 11 is 0. The third-order valence-corrected chi connectivity index (χ3v) is 4.00. The van der Waals surface area contributed by atoms with Crippen LogP contribution < -0.4 is 10.6 Å². The number of aromatic nitrogens is 2. The van der Waals surface area contributed by atoms with E-state index >= 15 is 0 Å². The van der Waals surface area contributed by atoms with Crippen molar-refractivity contribution in [3.05, 3.63) is 22.1 Å². The van der Waals surface area contributed by atoms with Crippen LogP contribution >= 0.6 is 0 Å². The zero-order valence-corrected chi connectivity index (χ0v) is 12.9. The number of nitrogens with zero attached hydrogens (tertiary/aromatic N) is 3. The lowest BCUT2D eigenvalue weighted by Gasteiger charge is -2.22. The van der Waals surface area contributed by atoms with Crippen LogP contribution in [0.1, 0.15) is 31.5 Å². The van der Waals surface area contributed by atoms with Gasteiger partial charge in [0, 0.05) is 26.4 Å². The predicted octanol–water partition coefficient (Wildman–Crippen LogP) is 0.996. The molecule has 1 amide bonds. The molecule has 0 bridgehead atoms. The summed E-state index contributed by atoms with van der Waals surface area (Å²) in [5.74, 6) is 0.989. The molecular weight excluding hydrogens is 286 g/mol. The lowest BCUT2D eigenvalue weighted by atomic mass is 9.96. The molecule has 0 radical (unpaired) electrons. The minimum absolute atomic E-state index is 0.0282. The van der Waals surface area contributed by atoms with Gasteiger partial charge in [-0.15, -0.1) is 0 Å². The van der Waals surface area contributed by atoms with Crippen LogP contribution in [0.3, 0.4) is 0 Å². The van der Waals surface area contributed by atoms with E-state index in [1.165, 1.54) is 19.0 Å². The number of rotatable bonds is 7. The first kappa shape index (κ1) is 16.4. The molecule has 1 unspecified atom stereocenters. The highest BCUT2D eigenvalue weighted by molar-refractivity contribution is 5.75. The maximum absolute atomic E-state index is 11.8. The van der Waals surface area contributed by atoms with Crippen molar-refractivity contribution in [1.82, 2.24) is 20.2 Å². The fraction of sp³-hybridized carbons (Fsp3) is 0.714. The number of aryl methyl sites for hydroxylation is 2. The van der Waals surface area contributed by atoms with Gasteiger partial charge in [0.05, 0.1) is 0 Å². The maximum Gasteiger partial charge on any atom is 0.381 e. The van der Waals surface area contributed by atoms with E-state index in [4.69, 9.17) is 0 Å². The molecule has 1 aromatic rings. The number of hydrogen-bond acceptors (Lipinski definition) is 5. The molecule has 1 aromatic heterocycles. The van der Waals surface area contributed by atoms with Gasteiger partial charge in [-0.2, -0.15) is 0 Å². The summed E-state index contributed by atoms with van der Waals surface area (Å²) in [7, 11) is 0. The van der Waals surface area contributed by atoms with E-state index in [2.05, 4.69) is 15.6 Å². The number of nitrogens with one attached hydrogen (secondary N) is 2. The SMILES string of the molecule is Cc1nc([N+](=O)[O-])cn1CCC(=O)NCCC1CCCNC1. The number of imidazole rings is 1. The summed E-state index contributed by atoms with van der Waals surface area (Å²) in [6, 6.07) is 0. The van der Waals surface area contributed by atoms with Crippen molar-refractivity contribution in [1.29, 1.82) is 0 Å². The molecule has 1 aliphatic heterocycles. The highest BCUT2D eigenvalue weighted by atomic mass is 16.6. The second-order valence-electron chi connectivity index (χ2n) is 5.70. The van der Waals surface area contributed by atoms with E-state index in [9.17, 15) is 14.9 Å². The highest BCUT2D eigenvalue weighted by Crippen LogP contribution is 2.13. The Morgan fingerprint density at radius 2 is 2.45 bits per heavy atom. The van der Waals surface area contributed by atoms with Crippen molar-refractivity contribution in [3.8, 4) is 0 Å². The molecule has 1 atom stereocenters. The maximum atomic E-state index is 11.8. The van der Waals surface area contributed by atoms with Gasteiger partial charge in [0.1, 0.15) is 6.20 Å². The molecule has 0 spiro atoms. The third kappa shape index (κ3) is 4.80. The molecule has 0 saturated carbocycles. The molecule has 1 saturated heterocycles. The van der Waals surface area contributed by atoms with Crippen LogP contribution in [0.5, 0.6) is 0 Å². The Bertz CT molecular complexity index is 523. The first-order valence-corrected chi connectivity index (χ1v) is 7.72. The quantitative estimate of drug-likeness (QED) is 0.578. The molecule has 8 heteroatoms. The van der Waals surface area contributed by atoms with Gasteiger partial charge < -0.3 is 25.3 Å². The van der Waals surface area contributed by atoms with Gasteiger partial charge >= 0.3 is 5.82 Å². The monoisotopic (exact) mass is 309 g/mol. The van der Waals surface area contributed by atoms with E-state index in [1.807, 2.05) is 0 Å². The fourth-order valence-corrected chi connectivity index (χ4v) is 2.70. The summed E-state index contributed by atoms with van der Waals surface area (Å²) in [6.07, 6.45) is 5.10. The third-order valence-electron chi connectivity index (χ3n) is 4.00. The van der Waals surface area contributed by atoms with Crippen LogP contribution in [0.2, 0.25) is 0 Å². The molecule has 1 aliphatic rings. The zero-order valence-electron chi connectivity index (χ0n) is 12.9. The molecule has 2 rings (SSSR count). The Balaban J connectivity index is 1.67. The summed E-state index contributed by atoms with van der Waals surface area (Å²) in [5, 5.41) is 16.9. The first-order valence-electron chi connectivity index (χ1n) is 7.72. The number of nitro groups is 1. The average Bonchev–Trinajstić information content (AvgIpc) is 2.88. The number of hydrogen-bond donors (Lipinski definition) is 2. The van der Waals surface area contributed by atoms with Gasteiger partial charge in [-0.3, -0.25) is 4.79 Å². The molecule has 22 heavy (non-hydrogen) atoms. The normalized spacial score (nSPS) is 18.1. The molecule has 122 valence electrons. The van der Waals surface area contributed by atoms with Gasteiger partial charge in [-0.1, -0.05) is 0 Å². The van der Waals surface area contributed by atoms with Crippen molar-refractivity contribution in [3.63, 3.8) is 0 Å². The van der Waals surface area contributed by atoms with Crippen LogP contribution in [-0.4, -0.2) is 40.0 Å². The Morgan fingerprint density at radius 3 is 3.09 bits per heavy atom. The van der Waals surface area contributed by atoms with Crippen LogP contribution in [-0.2, 0) is 11.3 Å². The van der Waals surface area contributed by atoms with Crippen LogP contribution in [0.4, 0.5) is 5.82 Å². The largest absolute Gasteiger partial charge is 0.381 e. The van der Waals surface area contributed by atoms with Crippen molar-refractivity contribution >= 4 is 11.7 Å². The van der Waals surface area contributed by atoms with Gasteiger partial charge in [0.25, 0.3) is 0 Å². The van der Waals surface area contributed by atoms with Crippen LogP contribution in [0.15, 0.2) is 6.20 Å². The standard InChI is InChI=1S/C14H23N5O3/c1-11-17-13(19(21)22)10-18(11)8-5-14(20)16-7-4-12-3-2-6-15-9-12/h10,12,15H,2-9H2,1H3,(H,16,20). The molecule has 0 aromatic carbocycles. The predicted molar refractivity (Wildman–Crippen MR) is 81.5 cm³/mol. The Kier molecular flexibility index (Phi) is 5.88. The first-order chi connectivity index (χ1) is 10.6. The lowest BCUT2D eigenvalue weighted by Crippen LogP contribution is -2.33. The number of amides is 1. The minimum atomic E-state index is -0.526. The van der Waals surface area contributed by atoms with E-state index in [0.717, 1.165) is 19.5 Å². The molecule has 8 nitrogen and oxygen atoms in total. The highest BCUT2D eigenvalue weighted by Gasteiger charge is 2.16. The number of piperidine rings is 1. The average molecular weight is 309 g/mol. The molecule has 2 N–H and O–H groups in total. The Hall–Kier alpha value is -1.96. The lowest BCUT2D eigenvalue weighted by molar-refractivity contribution is -0.389. The van der Waals surface area contributed by atoms with Crippen LogP contribution in [0, 0.1) is 23.0 Å². The smallest absolute Gasteiger partial charge is 0.358 e. The second-order valence-corrected chi connectivity index (χ2v) is 5.70. The van der Waals surface area contributed by atoms with Crippen molar-refractivity contribution < 1.29 is 9.72 Å². The topological polar surface area (TPSA) is 102 Å². The summed E-state index contributed by atoms with van der Waals surface area (Å²) < 4.78 is 1.64. The van der Waals surface area contributed by atoms with Crippen molar-refractivity contribution in [2.45, 2.75) is 39.2 Å². The Labute approximate surface area is 129 Å². The fourth-order valence-electron chi connectivity index (χ4n) is 2.70. The molecular formula is C14H23N5O3. The summed E-state index contributed by atoms with van der Waals surface area (Å²) in [6.45, 7) is 4.92. The van der Waals surface area contributed by atoms with E-state index in [0.29, 0.717) is 31.3 Å². The van der Waals surface area contributed by atoms with Gasteiger partial charge in [-0.05, 0) is 48.2 Å². The van der Waals surface area contributed by atoms with Gasteiger partial charge in [0.15, 0.2) is 0 Å². The zero-order chi connectivity index (χ0) is 15.9. The van der Waals surface area contributed by atoms with E-state index in [1.54, 1.807) is 11.5 Å². The molecule has 1 fully saturated rings. The number of carbonyl (C=O) groups is 1. The van der Waals surface area contributed by atoms with Crippen molar-refractivity contribution in [2.75, 3.05) is 19.6 Å². The van der Waals surface area contributed by atoms with Gasteiger partial charge in [0.2, 0.25) is 11.7 Å². The summed E-state index contributed by atoms with van der Waals surface area (Å²) in [5.41, 5.74) is 0. The summed E-state index contributed by atoms with van der Waals surface area (Å²) in [4.78, 5) is 25.8. The second kappa shape index (κ2) is 7.88. The van der Waals surface area contributed by atoms with Crippen LogP contribution in [0.25, 0.3) is 0 Å². The van der Waals surface area contributed by atoms with E-state index < -0.39 is 4.92 Å². The Morgan fingerprint density at radius 1 is 1.64 bits per heavy atom. The molecule has 2 heterocycles. The van der Waals surface area contributed by atoms with Crippen molar-refractivity contribution in [2.24, 2.45) is 5.92 Å². The number of carbonyl (C=O) groups excluding carboxylic acids is 1. The van der Waals surface area contributed by atoms with E-state index in [-0.39, 0.29) is 11.7 Å².